The van der Waals surface area contributed by atoms with Crippen LogP contribution in [-0.4, -0.2) is 28.2 Å². The van der Waals surface area contributed by atoms with E-state index in [2.05, 4.69) is 10.6 Å². The molecular weight excluding hydrogens is 272 g/mol. The number of nitrogens with one attached hydrogen (secondary N) is 2. The van der Waals surface area contributed by atoms with E-state index in [4.69, 9.17) is 0 Å². The molecule has 0 fully saturated rings. The van der Waals surface area contributed by atoms with Crippen molar-refractivity contribution in [1.82, 2.24) is 10.6 Å². The van der Waals surface area contributed by atoms with Gasteiger partial charge in [0, 0.05) is 13.0 Å². The summed E-state index contributed by atoms with van der Waals surface area (Å²) in [5.74, 6) is -1.03. The van der Waals surface area contributed by atoms with Crippen molar-refractivity contribution in [3.8, 4) is 11.5 Å². The number of carbonyl (C=O) groups excluding carboxylic acids is 2. The summed E-state index contributed by atoms with van der Waals surface area (Å²) in [7, 11) is 0. The van der Waals surface area contributed by atoms with Gasteiger partial charge in [-0.2, -0.15) is 0 Å². The molecule has 0 radical (unpaired) electrons. The lowest BCUT2D eigenvalue weighted by Gasteiger charge is -2.17. The smallest absolute Gasteiger partial charge is 0.245 e. The topological polar surface area (TPSA) is 98.7 Å². The lowest BCUT2D eigenvalue weighted by Crippen LogP contribution is -2.46. The molecule has 6 heteroatoms. The molecule has 1 atom stereocenters. The second-order valence-electron chi connectivity index (χ2n) is 4.63. The minimum atomic E-state index is -0.405. The molecular formula is C15H20N2O4. The quantitative estimate of drug-likeness (QED) is 0.363. The number of phenols is 2. The fourth-order valence-corrected chi connectivity index (χ4v) is 1.75. The molecule has 0 spiro atoms. The predicted octanol–water partition coefficient (Wildman–Crippen LogP) is 1.49. The van der Waals surface area contributed by atoms with Crippen molar-refractivity contribution in [2.75, 3.05) is 0 Å². The van der Waals surface area contributed by atoms with Crippen LogP contribution in [0.15, 0.2) is 24.3 Å². The van der Waals surface area contributed by atoms with Crippen LogP contribution in [0.2, 0.25) is 0 Å². The van der Waals surface area contributed by atoms with Crippen LogP contribution in [0.1, 0.15) is 32.3 Å². The van der Waals surface area contributed by atoms with E-state index in [1.807, 2.05) is 6.92 Å². The molecule has 21 heavy (non-hydrogen) atoms. The van der Waals surface area contributed by atoms with E-state index in [1.165, 1.54) is 31.2 Å². The Morgan fingerprint density at radius 3 is 2.52 bits per heavy atom. The van der Waals surface area contributed by atoms with Gasteiger partial charge < -0.3 is 20.8 Å². The fraction of sp³-hybridized carbons (Fsp3) is 0.333. The normalized spacial score (nSPS) is 12.1. The minimum Gasteiger partial charge on any atom is -0.504 e. The maximum Gasteiger partial charge on any atom is 0.245 e. The summed E-state index contributed by atoms with van der Waals surface area (Å²) in [6, 6.07) is 4.25. The van der Waals surface area contributed by atoms with E-state index < -0.39 is 6.17 Å². The molecule has 0 bridgehead atoms. The van der Waals surface area contributed by atoms with E-state index in [9.17, 15) is 19.8 Å². The SMILES string of the molecule is CCCC(NC(C)=O)NC(=O)/C=C/c1ccc(O)c(O)c1. The van der Waals surface area contributed by atoms with Gasteiger partial charge in [-0.25, -0.2) is 0 Å². The Morgan fingerprint density at radius 1 is 1.24 bits per heavy atom. The number of hydrogen-bond acceptors (Lipinski definition) is 4. The summed E-state index contributed by atoms with van der Waals surface area (Å²) in [4.78, 5) is 22.8. The highest BCUT2D eigenvalue weighted by molar-refractivity contribution is 5.92. The zero-order chi connectivity index (χ0) is 15.8. The van der Waals surface area contributed by atoms with Gasteiger partial charge >= 0.3 is 0 Å². The van der Waals surface area contributed by atoms with Crippen molar-refractivity contribution in [2.24, 2.45) is 0 Å². The molecule has 1 aromatic rings. The van der Waals surface area contributed by atoms with Crippen LogP contribution in [0.3, 0.4) is 0 Å². The summed E-state index contributed by atoms with van der Waals surface area (Å²) in [6.45, 7) is 3.35. The first-order valence-corrected chi connectivity index (χ1v) is 6.70. The Balaban J connectivity index is 2.63. The van der Waals surface area contributed by atoms with Gasteiger partial charge in [0.25, 0.3) is 0 Å². The first-order valence-electron chi connectivity index (χ1n) is 6.70. The van der Waals surface area contributed by atoms with E-state index in [0.29, 0.717) is 12.0 Å². The molecule has 0 aliphatic rings. The second-order valence-corrected chi connectivity index (χ2v) is 4.63. The first kappa shape index (κ1) is 16.6. The highest BCUT2D eigenvalue weighted by atomic mass is 16.3. The summed E-state index contributed by atoms with van der Waals surface area (Å²) in [6.07, 6.45) is 3.86. The third-order valence-electron chi connectivity index (χ3n) is 2.70. The molecule has 6 nitrogen and oxygen atoms in total. The van der Waals surface area contributed by atoms with Crippen LogP contribution in [0.5, 0.6) is 11.5 Å². The van der Waals surface area contributed by atoms with Gasteiger partial charge in [-0.1, -0.05) is 19.4 Å². The summed E-state index contributed by atoms with van der Waals surface area (Å²) >= 11 is 0. The molecule has 0 heterocycles. The predicted molar refractivity (Wildman–Crippen MR) is 79.5 cm³/mol. The number of amides is 2. The molecule has 1 aromatic carbocycles. The molecule has 1 rings (SSSR count). The van der Waals surface area contributed by atoms with Crippen LogP contribution in [0.4, 0.5) is 0 Å². The Hall–Kier alpha value is -2.50. The molecule has 114 valence electrons. The number of benzene rings is 1. The van der Waals surface area contributed by atoms with Gasteiger partial charge in [-0.15, -0.1) is 0 Å². The third kappa shape index (κ3) is 5.99. The van der Waals surface area contributed by atoms with Gasteiger partial charge in [0.2, 0.25) is 11.8 Å². The lowest BCUT2D eigenvalue weighted by molar-refractivity contribution is -0.121. The Kier molecular flexibility index (Phi) is 6.26. The van der Waals surface area contributed by atoms with Crippen molar-refractivity contribution in [3.63, 3.8) is 0 Å². The van der Waals surface area contributed by atoms with Gasteiger partial charge in [0.1, 0.15) is 6.17 Å². The fourth-order valence-electron chi connectivity index (χ4n) is 1.75. The van der Waals surface area contributed by atoms with Crippen molar-refractivity contribution in [3.05, 3.63) is 29.8 Å². The van der Waals surface area contributed by atoms with Crippen molar-refractivity contribution >= 4 is 17.9 Å². The van der Waals surface area contributed by atoms with Crippen LogP contribution < -0.4 is 10.6 Å². The molecule has 0 saturated heterocycles. The number of aromatic hydroxyl groups is 2. The van der Waals surface area contributed by atoms with E-state index >= 15 is 0 Å². The average molecular weight is 292 g/mol. The zero-order valence-corrected chi connectivity index (χ0v) is 12.1. The van der Waals surface area contributed by atoms with Crippen LogP contribution in [0, 0.1) is 0 Å². The number of hydrogen-bond donors (Lipinski definition) is 4. The van der Waals surface area contributed by atoms with E-state index in [0.717, 1.165) is 6.42 Å². The van der Waals surface area contributed by atoms with E-state index in [-0.39, 0.29) is 23.3 Å². The van der Waals surface area contributed by atoms with Crippen molar-refractivity contribution < 1.29 is 19.8 Å². The van der Waals surface area contributed by atoms with Crippen molar-refractivity contribution in [1.29, 1.82) is 0 Å². The van der Waals surface area contributed by atoms with Gasteiger partial charge in [-0.05, 0) is 30.2 Å². The second kappa shape index (κ2) is 7.94. The first-order chi connectivity index (χ1) is 9.92. The van der Waals surface area contributed by atoms with Gasteiger partial charge in [0.15, 0.2) is 11.5 Å². The average Bonchev–Trinajstić information content (AvgIpc) is 2.39. The Labute approximate surface area is 123 Å². The number of phenolic OH excluding ortho intramolecular Hbond substituents is 2. The minimum absolute atomic E-state index is 0.207. The van der Waals surface area contributed by atoms with Crippen molar-refractivity contribution in [2.45, 2.75) is 32.9 Å². The van der Waals surface area contributed by atoms with Crippen LogP contribution >= 0.6 is 0 Å². The molecule has 0 aliphatic carbocycles. The Bertz CT molecular complexity index is 540. The number of carbonyl (C=O) groups is 2. The van der Waals surface area contributed by atoms with E-state index in [1.54, 1.807) is 6.07 Å². The molecule has 0 aliphatic heterocycles. The summed E-state index contributed by atoms with van der Waals surface area (Å²) in [5, 5.41) is 23.9. The summed E-state index contributed by atoms with van der Waals surface area (Å²) in [5.41, 5.74) is 0.576. The Morgan fingerprint density at radius 2 is 1.95 bits per heavy atom. The number of rotatable bonds is 6. The van der Waals surface area contributed by atoms with Gasteiger partial charge in [0.05, 0.1) is 0 Å². The summed E-state index contributed by atoms with van der Waals surface area (Å²) < 4.78 is 0. The molecule has 4 N–H and O–H groups in total. The third-order valence-corrected chi connectivity index (χ3v) is 2.70. The maximum atomic E-state index is 11.8. The molecule has 0 aromatic heterocycles. The van der Waals surface area contributed by atoms with Gasteiger partial charge in [-0.3, -0.25) is 9.59 Å². The largest absolute Gasteiger partial charge is 0.504 e. The zero-order valence-electron chi connectivity index (χ0n) is 12.1. The van der Waals surface area contributed by atoms with Crippen LogP contribution in [-0.2, 0) is 9.59 Å². The molecule has 0 saturated carbocycles. The van der Waals surface area contributed by atoms with Crippen LogP contribution in [0.25, 0.3) is 6.08 Å². The molecule has 1 unspecified atom stereocenters. The highest BCUT2D eigenvalue weighted by Crippen LogP contribution is 2.25. The maximum absolute atomic E-state index is 11.8. The standard InChI is InChI=1S/C15H20N2O4/c1-3-4-14(16-10(2)18)17-15(21)8-6-11-5-7-12(19)13(20)9-11/h5-9,14,19-20H,3-4H2,1-2H3,(H,16,18)(H,17,21)/b8-6+. The monoisotopic (exact) mass is 292 g/mol. The highest BCUT2D eigenvalue weighted by Gasteiger charge is 2.10. The lowest BCUT2D eigenvalue weighted by atomic mass is 10.2. The molecule has 2 amide bonds.